The van der Waals surface area contributed by atoms with E-state index in [0.29, 0.717) is 9.90 Å². The van der Waals surface area contributed by atoms with E-state index in [4.69, 9.17) is 5.73 Å². The number of nitrogens with zero attached hydrogens (tertiary/aromatic N) is 1. The molecule has 0 saturated carbocycles. The molecule has 0 aliphatic heterocycles. The molecule has 1 aliphatic carbocycles. The SMILES string of the molecule is Cc1nc(C)c(S(=O)(=O)NC2CCCc3cc(N)ccc32)s1.Cl. The lowest BCUT2D eigenvalue weighted by Gasteiger charge is -2.26. The molecule has 1 unspecified atom stereocenters. The molecule has 0 bridgehead atoms. The Kier molecular flexibility index (Phi) is 5.35. The Labute approximate surface area is 146 Å². The van der Waals surface area contributed by atoms with Crippen molar-refractivity contribution in [3.05, 3.63) is 40.0 Å². The zero-order valence-electron chi connectivity index (χ0n) is 13.0. The molecule has 1 aliphatic rings. The number of aromatic nitrogens is 1. The first-order valence-corrected chi connectivity index (χ1v) is 9.51. The molecule has 1 aromatic carbocycles. The van der Waals surface area contributed by atoms with Crippen molar-refractivity contribution >= 4 is 39.5 Å². The molecule has 1 heterocycles. The summed E-state index contributed by atoms with van der Waals surface area (Å²) < 4.78 is 28.4. The highest BCUT2D eigenvalue weighted by molar-refractivity contribution is 7.91. The molecule has 1 atom stereocenters. The summed E-state index contributed by atoms with van der Waals surface area (Å²) in [6.07, 6.45) is 2.69. The van der Waals surface area contributed by atoms with E-state index >= 15 is 0 Å². The lowest BCUT2D eigenvalue weighted by atomic mass is 9.88. The van der Waals surface area contributed by atoms with Crippen molar-refractivity contribution in [2.24, 2.45) is 0 Å². The number of nitrogen functional groups attached to an aromatic ring is 1. The number of benzene rings is 1. The van der Waals surface area contributed by atoms with Gasteiger partial charge in [-0.15, -0.1) is 23.7 Å². The number of halogens is 1. The van der Waals surface area contributed by atoms with Crippen LogP contribution in [-0.2, 0) is 16.4 Å². The number of hydrogen-bond acceptors (Lipinski definition) is 5. The quantitative estimate of drug-likeness (QED) is 0.809. The third kappa shape index (κ3) is 3.68. The molecule has 3 N–H and O–H groups in total. The number of fused-ring (bicyclic) bond motifs is 1. The van der Waals surface area contributed by atoms with Crippen LogP contribution in [0.4, 0.5) is 5.69 Å². The number of nitrogens with one attached hydrogen (secondary N) is 1. The van der Waals surface area contributed by atoms with Gasteiger partial charge >= 0.3 is 0 Å². The van der Waals surface area contributed by atoms with Crippen molar-refractivity contribution in [1.82, 2.24) is 9.71 Å². The average Bonchev–Trinajstić information content (AvgIpc) is 2.78. The summed E-state index contributed by atoms with van der Waals surface area (Å²) in [6.45, 7) is 3.54. The van der Waals surface area contributed by atoms with Gasteiger partial charge in [0.05, 0.1) is 10.7 Å². The second kappa shape index (κ2) is 6.76. The number of anilines is 1. The smallest absolute Gasteiger partial charge is 0.252 e. The van der Waals surface area contributed by atoms with Crippen LogP contribution in [0.2, 0.25) is 0 Å². The fourth-order valence-electron chi connectivity index (χ4n) is 2.96. The van der Waals surface area contributed by atoms with Gasteiger partial charge in [0.25, 0.3) is 10.0 Å². The van der Waals surface area contributed by atoms with E-state index in [1.165, 1.54) is 11.3 Å². The van der Waals surface area contributed by atoms with E-state index in [-0.39, 0.29) is 18.4 Å². The molecule has 0 fully saturated rings. The molecule has 2 aromatic rings. The number of sulfonamides is 1. The minimum absolute atomic E-state index is 0. The number of nitrogens with two attached hydrogens (primary N) is 1. The lowest BCUT2D eigenvalue weighted by molar-refractivity contribution is 0.508. The molecule has 8 heteroatoms. The first-order valence-electron chi connectivity index (χ1n) is 7.21. The van der Waals surface area contributed by atoms with Gasteiger partial charge in [0.1, 0.15) is 0 Å². The summed E-state index contributed by atoms with van der Waals surface area (Å²) in [5, 5.41) is 0.759. The Balaban J connectivity index is 0.00000192. The number of aryl methyl sites for hydroxylation is 3. The van der Waals surface area contributed by atoms with Crippen molar-refractivity contribution in [3.63, 3.8) is 0 Å². The number of hydrogen-bond donors (Lipinski definition) is 2. The average molecular weight is 374 g/mol. The second-order valence-electron chi connectivity index (χ2n) is 5.63. The molecule has 126 valence electrons. The summed E-state index contributed by atoms with van der Waals surface area (Å²) in [6, 6.07) is 5.50. The molecular weight excluding hydrogens is 354 g/mol. The minimum Gasteiger partial charge on any atom is -0.399 e. The van der Waals surface area contributed by atoms with Crippen LogP contribution in [0.1, 0.15) is 40.7 Å². The highest BCUT2D eigenvalue weighted by Crippen LogP contribution is 2.33. The van der Waals surface area contributed by atoms with E-state index in [9.17, 15) is 8.42 Å². The predicted octanol–water partition coefficient (Wildman–Crippen LogP) is 3.12. The Bertz CT molecular complexity index is 818. The maximum Gasteiger partial charge on any atom is 0.252 e. The topological polar surface area (TPSA) is 85.1 Å². The van der Waals surface area contributed by atoms with Crippen molar-refractivity contribution in [2.75, 3.05) is 5.73 Å². The standard InChI is InChI=1S/C15H19N3O2S2.ClH/c1-9-15(21-10(2)17-9)22(19,20)18-14-5-3-4-11-8-12(16)6-7-13(11)14;/h6-8,14,18H,3-5,16H2,1-2H3;1H. The fourth-order valence-corrected chi connectivity index (χ4v) is 5.71. The third-order valence-electron chi connectivity index (χ3n) is 3.88. The van der Waals surface area contributed by atoms with Crippen molar-refractivity contribution in [3.8, 4) is 0 Å². The van der Waals surface area contributed by atoms with Crippen LogP contribution in [0.25, 0.3) is 0 Å². The molecule has 0 amide bonds. The van der Waals surface area contributed by atoms with E-state index < -0.39 is 10.0 Å². The highest BCUT2D eigenvalue weighted by atomic mass is 35.5. The molecule has 0 spiro atoms. The van der Waals surface area contributed by atoms with Crippen LogP contribution in [0.15, 0.2) is 22.4 Å². The van der Waals surface area contributed by atoms with Gasteiger partial charge in [-0.2, -0.15) is 0 Å². The van der Waals surface area contributed by atoms with E-state index in [0.717, 1.165) is 41.1 Å². The molecule has 1 aromatic heterocycles. The highest BCUT2D eigenvalue weighted by Gasteiger charge is 2.28. The van der Waals surface area contributed by atoms with E-state index in [1.807, 2.05) is 25.1 Å². The Hall–Kier alpha value is -1.15. The molecule has 0 radical (unpaired) electrons. The van der Waals surface area contributed by atoms with Gasteiger partial charge in [-0.05, 0) is 56.4 Å². The number of thiazole rings is 1. The zero-order valence-corrected chi connectivity index (χ0v) is 15.4. The molecule has 3 rings (SSSR count). The second-order valence-corrected chi connectivity index (χ2v) is 8.74. The van der Waals surface area contributed by atoms with Gasteiger partial charge in [0.2, 0.25) is 0 Å². The van der Waals surface area contributed by atoms with Gasteiger partial charge in [-0.3, -0.25) is 0 Å². The minimum atomic E-state index is -3.55. The first kappa shape index (κ1) is 18.2. The monoisotopic (exact) mass is 373 g/mol. The Morgan fingerprint density at radius 2 is 2.09 bits per heavy atom. The third-order valence-corrected chi connectivity index (χ3v) is 7.04. The summed E-state index contributed by atoms with van der Waals surface area (Å²) in [7, 11) is -3.55. The van der Waals surface area contributed by atoms with Gasteiger partial charge < -0.3 is 5.73 Å². The number of rotatable bonds is 3. The van der Waals surface area contributed by atoms with Crippen LogP contribution in [0, 0.1) is 13.8 Å². The Morgan fingerprint density at radius 1 is 1.35 bits per heavy atom. The molecule has 5 nitrogen and oxygen atoms in total. The lowest BCUT2D eigenvalue weighted by Crippen LogP contribution is -2.31. The van der Waals surface area contributed by atoms with Crippen LogP contribution in [0.5, 0.6) is 0 Å². The van der Waals surface area contributed by atoms with Crippen molar-refractivity contribution < 1.29 is 8.42 Å². The predicted molar refractivity (Wildman–Crippen MR) is 95.7 cm³/mol. The zero-order chi connectivity index (χ0) is 15.9. The Morgan fingerprint density at radius 3 is 2.74 bits per heavy atom. The van der Waals surface area contributed by atoms with Crippen LogP contribution < -0.4 is 10.5 Å². The summed E-state index contributed by atoms with van der Waals surface area (Å²) in [5.41, 5.74) is 9.27. The molecule has 0 saturated heterocycles. The molecular formula is C15H20ClN3O2S2. The summed E-state index contributed by atoms with van der Waals surface area (Å²) in [4.78, 5) is 4.21. The fraction of sp³-hybridized carbons (Fsp3) is 0.400. The molecule has 23 heavy (non-hydrogen) atoms. The largest absolute Gasteiger partial charge is 0.399 e. The van der Waals surface area contributed by atoms with Gasteiger partial charge in [-0.1, -0.05) is 6.07 Å². The normalized spacial score (nSPS) is 17.4. The van der Waals surface area contributed by atoms with E-state index in [1.54, 1.807) is 6.92 Å². The van der Waals surface area contributed by atoms with Crippen LogP contribution in [-0.4, -0.2) is 13.4 Å². The maximum absolute atomic E-state index is 12.6. The van der Waals surface area contributed by atoms with Crippen LogP contribution >= 0.6 is 23.7 Å². The van der Waals surface area contributed by atoms with Gasteiger partial charge in [-0.25, -0.2) is 18.1 Å². The first-order chi connectivity index (χ1) is 10.4. The van der Waals surface area contributed by atoms with Crippen LogP contribution in [0.3, 0.4) is 0 Å². The van der Waals surface area contributed by atoms with E-state index in [2.05, 4.69) is 9.71 Å². The van der Waals surface area contributed by atoms with Gasteiger partial charge in [0.15, 0.2) is 4.21 Å². The summed E-state index contributed by atoms with van der Waals surface area (Å²) >= 11 is 1.21. The van der Waals surface area contributed by atoms with Crippen molar-refractivity contribution in [1.29, 1.82) is 0 Å². The van der Waals surface area contributed by atoms with Gasteiger partial charge in [0, 0.05) is 11.7 Å². The maximum atomic E-state index is 12.6. The summed E-state index contributed by atoms with van der Waals surface area (Å²) in [5.74, 6) is 0. The van der Waals surface area contributed by atoms with Crippen molar-refractivity contribution in [2.45, 2.75) is 43.4 Å².